The van der Waals surface area contributed by atoms with Crippen LogP contribution >= 0.6 is 15.9 Å². The SMILES string of the molecule is CCCCC/C(Br)=C\N1C(=O)OC[C@H]1c1ccccc1. The first-order valence-corrected chi connectivity index (χ1v) is 7.88. The summed E-state index contributed by atoms with van der Waals surface area (Å²) >= 11 is 3.56. The first kappa shape index (κ1) is 15.1. The summed E-state index contributed by atoms with van der Waals surface area (Å²) in [6.45, 7) is 2.59. The Morgan fingerprint density at radius 2 is 2.15 bits per heavy atom. The van der Waals surface area contributed by atoms with E-state index in [0.717, 1.165) is 22.9 Å². The fourth-order valence-corrected chi connectivity index (χ4v) is 2.77. The minimum Gasteiger partial charge on any atom is -0.447 e. The topological polar surface area (TPSA) is 29.5 Å². The molecule has 1 atom stereocenters. The molecule has 1 amide bonds. The van der Waals surface area contributed by atoms with Crippen molar-refractivity contribution in [3.05, 3.63) is 46.6 Å². The summed E-state index contributed by atoms with van der Waals surface area (Å²) in [4.78, 5) is 13.5. The number of hydrogen-bond acceptors (Lipinski definition) is 2. The summed E-state index contributed by atoms with van der Waals surface area (Å²) < 4.78 is 6.23. The highest BCUT2D eigenvalue weighted by molar-refractivity contribution is 9.11. The fraction of sp³-hybridized carbons (Fsp3) is 0.438. The zero-order valence-corrected chi connectivity index (χ0v) is 13.3. The minimum atomic E-state index is -0.272. The number of rotatable bonds is 6. The maximum Gasteiger partial charge on any atom is 0.414 e. The number of ether oxygens (including phenoxy) is 1. The molecule has 0 unspecified atom stereocenters. The zero-order chi connectivity index (χ0) is 14.4. The van der Waals surface area contributed by atoms with E-state index in [0.29, 0.717) is 6.61 Å². The van der Waals surface area contributed by atoms with Gasteiger partial charge in [0.1, 0.15) is 6.61 Å². The van der Waals surface area contributed by atoms with E-state index in [1.54, 1.807) is 4.90 Å². The van der Waals surface area contributed by atoms with Crippen LogP contribution in [0.5, 0.6) is 0 Å². The quantitative estimate of drug-likeness (QED) is 0.684. The number of halogens is 1. The van der Waals surface area contributed by atoms with E-state index >= 15 is 0 Å². The van der Waals surface area contributed by atoms with Gasteiger partial charge < -0.3 is 4.74 Å². The second-order valence-electron chi connectivity index (χ2n) is 4.94. The van der Waals surface area contributed by atoms with E-state index in [-0.39, 0.29) is 12.1 Å². The average Bonchev–Trinajstić information content (AvgIpc) is 2.82. The molecular formula is C16H20BrNO2. The largest absolute Gasteiger partial charge is 0.447 e. The van der Waals surface area contributed by atoms with Crippen LogP contribution in [-0.2, 0) is 4.74 Å². The van der Waals surface area contributed by atoms with Crippen LogP contribution in [0.4, 0.5) is 4.79 Å². The monoisotopic (exact) mass is 337 g/mol. The van der Waals surface area contributed by atoms with Gasteiger partial charge in [-0.3, -0.25) is 4.90 Å². The van der Waals surface area contributed by atoms with Gasteiger partial charge in [0.2, 0.25) is 0 Å². The Kier molecular flexibility index (Phi) is 5.65. The summed E-state index contributed by atoms with van der Waals surface area (Å²) in [5, 5.41) is 0. The Hall–Kier alpha value is -1.29. The second kappa shape index (κ2) is 7.48. The minimum absolute atomic E-state index is 0.0255. The molecule has 0 aromatic heterocycles. The summed E-state index contributed by atoms with van der Waals surface area (Å²) in [5.41, 5.74) is 1.10. The van der Waals surface area contributed by atoms with Crippen molar-refractivity contribution in [2.45, 2.75) is 38.6 Å². The third-order valence-corrected chi connectivity index (χ3v) is 4.00. The van der Waals surface area contributed by atoms with Crippen LogP contribution in [0.1, 0.15) is 44.2 Å². The van der Waals surface area contributed by atoms with Gasteiger partial charge in [-0.1, -0.05) is 66.0 Å². The standard InChI is InChI=1S/C16H20BrNO2/c1-2-3-5-10-14(17)11-18-15(12-20-16(18)19)13-8-6-4-7-9-13/h4,6-9,11,15H,2-3,5,10,12H2,1H3/b14-11+/t15-/m0/s1. The van der Waals surface area contributed by atoms with Gasteiger partial charge in [0.15, 0.2) is 0 Å². The molecule has 3 nitrogen and oxygen atoms in total. The van der Waals surface area contributed by atoms with Crippen LogP contribution in [0.3, 0.4) is 0 Å². The molecule has 108 valence electrons. The van der Waals surface area contributed by atoms with Crippen molar-refractivity contribution in [1.29, 1.82) is 0 Å². The highest BCUT2D eigenvalue weighted by Crippen LogP contribution is 2.30. The predicted octanol–water partition coefficient (Wildman–Crippen LogP) is 5.00. The lowest BCUT2D eigenvalue weighted by atomic mass is 10.1. The van der Waals surface area contributed by atoms with Crippen molar-refractivity contribution in [3.63, 3.8) is 0 Å². The van der Waals surface area contributed by atoms with Crippen molar-refractivity contribution >= 4 is 22.0 Å². The Morgan fingerprint density at radius 3 is 2.85 bits per heavy atom. The molecule has 0 N–H and O–H groups in total. The highest BCUT2D eigenvalue weighted by atomic mass is 79.9. The molecule has 4 heteroatoms. The number of carbonyl (C=O) groups excluding carboxylic acids is 1. The Morgan fingerprint density at radius 1 is 1.40 bits per heavy atom. The van der Waals surface area contributed by atoms with E-state index in [9.17, 15) is 4.79 Å². The first-order chi connectivity index (χ1) is 9.72. The third-order valence-electron chi connectivity index (χ3n) is 3.39. The van der Waals surface area contributed by atoms with Crippen molar-refractivity contribution < 1.29 is 9.53 Å². The molecule has 0 radical (unpaired) electrons. The smallest absolute Gasteiger partial charge is 0.414 e. The van der Waals surface area contributed by atoms with E-state index in [1.807, 2.05) is 36.5 Å². The molecular weight excluding hydrogens is 318 g/mol. The summed E-state index contributed by atoms with van der Waals surface area (Å²) in [7, 11) is 0. The summed E-state index contributed by atoms with van der Waals surface area (Å²) in [5.74, 6) is 0. The maximum absolute atomic E-state index is 11.9. The third kappa shape index (κ3) is 3.85. The lowest BCUT2D eigenvalue weighted by Crippen LogP contribution is -2.22. The number of unbranched alkanes of at least 4 members (excludes halogenated alkanes) is 2. The zero-order valence-electron chi connectivity index (χ0n) is 11.7. The molecule has 1 aliphatic heterocycles. The van der Waals surface area contributed by atoms with Gasteiger partial charge in [0.25, 0.3) is 0 Å². The summed E-state index contributed by atoms with van der Waals surface area (Å²) in [6, 6.07) is 9.97. The van der Waals surface area contributed by atoms with E-state index in [4.69, 9.17) is 4.74 Å². The predicted molar refractivity (Wildman–Crippen MR) is 83.5 cm³/mol. The molecule has 1 aliphatic rings. The van der Waals surface area contributed by atoms with Crippen LogP contribution in [-0.4, -0.2) is 17.6 Å². The van der Waals surface area contributed by atoms with Crippen molar-refractivity contribution in [1.82, 2.24) is 4.90 Å². The molecule has 1 fully saturated rings. The van der Waals surface area contributed by atoms with Crippen molar-refractivity contribution in [3.8, 4) is 0 Å². The van der Waals surface area contributed by atoms with Crippen LogP contribution in [0.2, 0.25) is 0 Å². The van der Waals surface area contributed by atoms with Gasteiger partial charge in [-0.25, -0.2) is 4.79 Å². The van der Waals surface area contributed by atoms with E-state index in [2.05, 4.69) is 22.9 Å². The normalized spacial score (nSPS) is 19.3. The molecule has 1 aromatic carbocycles. The van der Waals surface area contributed by atoms with Crippen LogP contribution in [0.25, 0.3) is 0 Å². The summed E-state index contributed by atoms with van der Waals surface area (Å²) in [6.07, 6.45) is 6.09. The molecule has 1 saturated heterocycles. The van der Waals surface area contributed by atoms with E-state index in [1.165, 1.54) is 12.8 Å². The molecule has 2 rings (SSSR count). The Balaban J connectivity index is 2.07. The van der Waals surface area contributed by atoms with Gasteiger partial charge in [-0.05, 0) is 18.4 Å². The second-order valence-corrected chi connectivity index (χ2v) is 5.96. The van der Waals surface area contributed by atoms with E-state index < -0.39 is 0 Å². The average molecular weight is 338 g/mol. The fourth-order valence-electron chi connectivity index (χ4n) is 2.27. The van der Waals surface area contributed by atoms with Gasteiger partial charge in [-0.2, -0.15) is 0 Å². The van der Waals surface area contributed by atoms with Crippen molar-refractivity contribution in [2.24, 2.45) is 0 Å². The number of nitrogens with zero attached hydrogens (tertiary/aromatic N) is 1. The number of amides is 1. The Bertz CT molecular complexity index is 473. The molecule has 0 saturated carbocycles. The van der Waals surface area contributed by atoms with Gasteiger partial charge >= 0.3 is 6.09 Å². The van der Waals surface area contributed by atoms with Crippen LogP contribution in [0, 0.1) is 0 Å². The van der Waals surface area contributed by atoms with Crippen LogP contribution in [0.15, 0.2) is 41.0 Å². The molecule has 20 heavy (non-hydrogen) atoms. The highest BCUT2D eigenvalue weighted by Gasteiger charge is 2.32. The van der Waals surface area contributed by atoms with Gasteiger partial charge in [0, 0.05) is 10.7 Å². The van der Waals surface area contributed by atoms with Crippen molar-refractivity contribution in [2.75, 3.05) is 6.61 Å². The lowest BCUT2D eigenvalue weighted by Gasteiger charge is -2.18. The number of hydrogen-bond donors (Lipinski definition) is 0. The number of benzene rings is 1. The molecule has 0 bridgehead atoms. The van der Waals surface area contributed by atoms with Crippen LogP contribution < -0.4 is 0 Å². The first-order valence-electron chi connectivity index (χ1n) is 7.08. The van der Waals surface area contributed by atoms with Gasteiger partial charge in [0.05, 0.1) is 6.04 Å². The van der Waals surface area contributed by atoms with Gasteiger partial charge in [-0.15, -0.1) is 0 Å². The molecule has 0 spiro atoms. The molecule has 1 heterocycles. The molecule has 0 aliphatic carbocycles. The Labute approximate surface area is 128 Å². The lowest BCUT2D eigenvalue weighted by molar-refractivity contribution is 0.166. The molecule has 1 aromatic rings. The number of allylic oxidation sites excluding steroid dienone is 1. The number of carbonyl (C=O) groups is 1. The maximum atomic E-state index is 11.9. The number of cyclic esters (lactones) is 1.